The number of nitrogens with zero attached hydrogens (tertiary/aromatic N) is 1. The fraction of sp³-hybridized carbons (Fsp3) is 0.562. The van der Waals surface area contributed by atoms with Crippen molar-refractivity contribution in [3.63, 3.8) is 0 Å². The Bertz CT molecular complexity index is 583. The average Bonchev–Trinajstić information content (AvgIpc) is 2.54. The van der Waals surface area contributed by atoms with Crippen LogP contribution in [-0.4, -0.2) is 43.2 Å². The molecule has 1 saturated heterocycles. The zero-order valence-corrected chi connectivity index (χ0v) is 15.5. The average molecular weight is 406 g/mol. The number of hydrogen-bond donors (Lipinski definition) is 1. The molecule has 2 aliphatic rings. The molecule has 2 unspecified atom stereocenters. The maximum atomic E-state index is 12.8. The number of fused-ring (bicyclic) bond motifs is 1. The number of likely N-dealkylation sites (tertiary alicyclic amines) is 1. The molecule has 23 heavy (non-hydrogen) atoms. The lowest BCUT2D eigenvalue weighted by molar-refractivity contribution is 0.0659. The summed E-state index contributed by atoms with van der Waals surface area (Å²) in [5.41, 5.74) is 6.63. The normalized spacial score (nSPS) is 21.3. The largest absolute Gasteiger partial charge is 0.486 e. The summed E-state index contributed by atoms with van der Waals surface area (Å²) in [5, 5.41) is 0. The molecule has 0 aromatic heterocycles. The Morgan fingerprint density at radius 2 is 2.13 bits per heavy atom. The van der Waals surface area contributed by atoms with Crippen LogP contribution in [0, 0.1) is 5.92 Å². The Hall–Kier alpha value is -0.980. The Morgan fingerprint density at radius 1 is 1.39 bits per heavy atom. The molecule has 2 aliphatic heterocycles. The third-order valence-corrected chi connectivity index (χ3v) is 4.92. The Labute approximate surface area is 151 Å². The Morgan fingerprint density at radius 3 is 2.87 bits per heavy atom. The number of ether oxygens (including phenoxy) is 2. The van der Waals surface area contributed by atoms with Crippen LogP contribution in [0.5, 0.6) is 11.5 Å². The number of rotatable bonds is 2. The molecule has 1 aromatic carbocycles. The van der Waals surface area contributed by atoms with E-state index in [4.69, 9.17) is 15.2 Å². The topological polar surface area (TPSA) is 64.8 Å². The van der Waals surface area contributed by atoms with E-state index in [-0.39, 0.29) is 24.4 Å². The van der Waals surface area contributed by atoms with Crippen LogP contribution in [-0.2, 0) is 0 Å². The van der Waals surface area contributed by atoms with Crippen LogP contribution in [0.4, 0.5) is 0 Å². The van der Waals surface area contributed by atoms with Gasteiger partial charge in [-0.1, -0.05) is 0 Å². The van der Waals surface area contributed by atoms with E-state index in [1.165, 1.54) is 0 Å². The van der Waals surface area contributed by atoms with Gasteiger partial charge in [0.05, 0.1) is 4.47 Å². The van der Waals surface area contributed by atoms with Crippen molar-refractivity contribution in [3.05, 3.63) is 22.2 Å². The van der Waals surface area contributed by atoms with Crippen molar-refractivity contribution < 1.29 is 14.3 Å². The monoisotopic (exact) mass is 404 g/mol. The molecule has 1 fully saturated rings. The molecule has 2 atom stereocenters. The SMILES string of the molecule is CC(N)C1CCCN(C(=O)c2cc(Br)c3c(c2)OCCO3)C1.Cl. The minimum Gasteiger partial charge on any atom is -0.486 e. The highest BCUT2D eigenvalue weighted by Gasteiger charge is 2.28. The molecule has 0 aliphatic carbocycles. The van der Waals surface area contributed by atoms with Gasteiger partial charge in [0, 0.05) is 24.7 Å². The third-order valence-electron chi connectivity index (χ3n) is 4.33. The van der Waals surface area contributed by atoms with Crippen molar-refractivity contribution in [3.8, 4) is 11.5 Å². The fourth-order valence-electron chi connectivity index (χ4n) is 3.04. The summed E-state index contributed by atoms with van der Waals surface area (Å²) in [6.45, 7) is 4.56. The van der Waals surface area contributed by atoms with Crippen LogP contribution in [0.1, 0.15) is 30.1 Å². The van der Waals surface area contributed by atoms with Gasteiger partial charge >= 0.3 is 0 Å². The predicted molar refractivity (Wildman–Crippen MR) is 94.7 cm³/mol. The van der Waals surface area contributed by atoms with Crippen LogP contribution in [0.3, 0.4) is 0 Å². The molecule has 1 amide bonds. The van der Waals surface area contributed by atoms with E-state index in [1.807, 2.05) is 17.9 Å². The van der Waals surface area contributed by atoms with E-state index in [1.54, 1.807) is 6.07 Å². The van der Waals surface area contributed by atoms with E-state index in [9.17, 15) is 4.79 Å². The van der Waals surface area contributed by atoms with Gasteiger partial charge in [-0.3, -0.25) is 4.79 Å². The quantitative estimate of drug-likeness (QED) is 0.822. The summed E-state index contributed by atoms with van der Waals surface area (Å²) in [4.78, 5) is 14.7. The highest BCUT2D eigenvalue weighted by Crippen LogP contribution is 2.39. The van der Waals surface area contributed by atoms with Gasteiger partial charge in [0.15, 0.2) is 11.5 Å². The molecular formula is C16H22BrClN2O3. The summed E-state index contributed by atoms with van der Waals surface area (Å²) < 4.78 is 11.9. The first-order valence-corrected chi connectivity index (χ1v) is 8.49. The molecule has 2 N–H and O–H groups in total. The first-order valence-electron chi connectivity index (χ1n) is 7.70. The number of amides is 1. The van der Waals surface area contributed by atoms with Crippen molar-refractivity contribution in [2.75, 3.05) is 26.3 Å². The van der Waals surface area contributed by atoms with E-state index >= 15 is 0 Å². The second-order valence-electron chi connectivity index (χ2n) is 5.99. The smallest absolute Gasteiger partial charge is 0.254 e. The van der Waals surface area contributed by atoms with Crippen LogP contribution < -0.4 is 15.2 Å². The highest BCUT2D eigenvalue weighted by atomic mass is 79.9. The lowest BCUT2D eigenvalue weighted by Gasteiger charge is -2.35. The Kier molecular flexibility index (Phi) is 6.17. The van der Waals surface area contributed by atoms with E-state index in [2.05, 4.69) is 15.9 Å². The third kappa shape index (κ3) is 3.92. The van der Waals surface area contributed by atoms with Crippen LogP contribution in [0.25, 0.3) is 0 Å². The zero-order chi connectivity index (χ0) is 15.7. The van der Waals surface area contributed by atoms with Crippen LogP contribution in [0.2, 0.25) is 0 Å². The number of hydrogen-bond acceptors (Lipinski definition) is 4. The molecule has 128 valence electrons. The second-order valence-corrected chi connectivity index (χ2v) is 6.85. The molecule has 7 heteroatoms. The minimum absolute atomic E-state index is 0. The standard InChI is InChI=1S/C16H21BrN2O3.ClH/c1-10(18)11-3-2-4-19(9-11)16(20)12-7-13(17)15-14(8-12)21-5-6-22-15;/h7-8,10-11H,2-6,9,18H2,1H3;1H. The van der Waals surface area contributed by atoms with Gasteiger partial charge in [-0.2, -0.15) is 0 Å². The van der Waals surface area contributed by atoms with Gasteiger partial charge in [-0.15, -0.1) is 12.4 Å². The first-order chi connectivity index (χ1) is 10.6. The molecule has 0 saturated carbocycles. The second kappa shape index (κ2) is 7.73. The van der Waals surface area contributed by atoms with Crippen molar-refractivity contribution >= 4 is 34.2 Å². The summed E-state index contributed by atoms with van der Waals surface area (Å²) in [7, 11) is 0. The summed E-state index contributed by atoms with van der Waals surface area (Å²) in [5.74, 6) is 1.71. The number of piperidine rings is 1. The molecule has 3 rings (SSSR count). The number of nitrogens with two attached hydrogens (primary N) is 1. The maximum Gasteiger partial charge on any atom is 0.254 e. The van der Waals surface area contributed by atoms with Gasteiger partial charge in [-0.25, -0.2) is 0 Å². The first kappa shape index (κ1) is 18.4. The lowest BCUT2D eigenvalue weighted by atomic mass is 9.92. The lowest BCUT2D eigenvalue weighted by Crippen LogP contribution is -2.45. The van der Waals surface area contributed by atoms with Crippen molar-refractivity contribution in [2.24, 2.45) is 11.7 Å². The minimum atomic E-state index is 0. The highest BCUT2D eigenvalue weighted by molar-refractivity contribution is 9.10. The van der Waals surface area contributed by atoms with Gasteiger partial charge in [0.2, 0.25) is 0 Å². The fourth-order valence-corrected chi connectivity index (χ4v) is 3.60. The summed E-state index contributed by atoms with van der Waals surface area (Å²) in [6, 6.07) is 3.70. The molecule has 1 aromatic rings. The van der Waals surface area contributed by atoms with Crippen LogP contribution >= 0.6 is 28.3 Å². The summed E-state index contributed by atoms with van der Waals surface area (Å²) in [6.07, 6.45) is 2.09. The van der Waals surface area contributed by atoms with E-state index in [0.29, 0.717) is 36.2 Å². The number of benzene rings is 1. The molecule has 5 nitrogen and oxygen atoms in total. The van der Waals surface area contributed by atoms with Crippen molar-refractivity contribution in [2.45, 2.75) is 25.8 Å². The number of carbonyl (C=O) groups is 1. The Balaban J connectivity index is 0.00000192. The number of carbonyl (C=O) groups excluding carboxylic acids is 1. The zero-order valence-electron chi connectivity index (χ0n) is 13.1. The van der Waals surface area contributed by atoms with Gasteiger partial charge in [-0.05, 0) is 53.7 Å². The van der Waals surface area contributed by atoms with E-state index in [0.717, 1.165) is 30.4 Å². The van der Waals surface area contributed by atoms with Crippen molar-refractivity contribution in [1.29, 1.82) is 0 Å². The van der Waals surface area contributed by atoms with Gasteiger partial charge < -0.3 is 20.1 Å². The van der Waals surface area contributed by atoms with E-state index < -0.39 is 0 Å². The van der Waals surface area contributed by atoms with Crippen LogP contribution in [0.15, 0.2) is 16.6 Å². The molecular weight excluding hydrogens is 384 g/mol. The maximum absolute atomic E-state index is 12.8. The van der Waals surface area contributed by atoms with Gasteiger partial charge in [0.25, 0.3) is 5.91 Å². The molecule has 0 radical (unpaired) electrons. The number of halogens is 2. The van der Waals surface area contributed by atoms with Crippen molar-refractivity contribution in [1.82, 2.24) is 4.90 Å². The molecule has 2 heterocycles. The van der Waals surface area contributed by atoms with Gasteiger partial charge in [0.1, 0.15) is 13.2 Å². The molecule has 0 bridgehead atoms. The molecule has 0 spiro atoms. The summed E-state index contributed by atoms with van der Waals surface area (Å²) >= 11 is 3.46. The predicted octanol–water partition coefficient (Wildman–Crippen LogP) is 2.84.